The van der Waals surface area contributed by atoms with E-state index in [0.29, 0.717) is 16.7 Å². The summed E-state index contributed by atoms with van der Waals surface area (Å²) in [5.74, 6) is 0.0499. The first-order chi connectivity index (χ1) is 12.4. The molecular formula is C20H19ClN4O. The molecule has 3 aromatic rings. The number of benzene rings is 2. The number of amides is 1. The van der Waals surface area contributed by atoms with Gasteiger partial charge in [0, 0.05) is 22.6 Å². The average molecular weight is 367 g/mol. The largest absolute Gasteiger partial charge is 0.324 e. The first kappa shape index (κ1) is 17.9. The van der Waals surface area contributed by atoms with E-state index in [0.717, 1.165) is 16.8 Å². The molecule has 0 bridgehead atoms. The highest BCUT2D eigenvalue weighted by molar-refractivity contribution is 6.30. The summed E-state index contributed by atoms with van der Waals surface area (Å²) in [6.07, 6.45) is 1.56. The van der Waals surface area contributed by atoms with Crippen molar-refractivity contribution in [1.29, 1.82) is 0 Å². The maximum atomic E-state index is 12.4. The molecule has 5 nitrogen and oxygen atoms in total. The lowest BCUT2D eigenvalue weighted by Gasteiger charge is -2.13. The van der Waals surface area contributed by atoms with Crippen molar-refractivity contribution in [2.45, 2.75) is 20.8 Å². The van der Waals surface area contributed by atoms with Gasteiger partial charge >= 0.3 is 0 Å². The predicted molar refractivity (Wildman–Crippen MR) is 105 cm³/mol. The minimum absolute atomic E-state index is 0.268. The Kier molecular flexibility index (Phi) is 5.19. The third kappa shape index (κ3) is 4.18. The number of hydrogen-bond acceptors (Lipinski definition) is 4. The predicted octanol–water partition coefficient (Wildman–Crippen LogP) is 5.05. The molecule has 2 N–H and O–H groups in total. The zero-order chi connectivity index (χ0) is 18.7. The summed E-state index contributed by atoms with van der Waals surface area (Å²) >= 11 is 5.94. The maximum Gasteiger partial charge on any atom is 0.274 e. The Labute approximate surface area is 157 Å². The number of halogens is 1. The molecule has 1 amide bonds. The molecule has 0 atom stereocenters. The third-order valence-electron chi connectivity index (χ3n) is 3.88. The average Bonchev–Trinajstić information content (AvgIpc) is 2.58. The molecule has 0 aliphatic rings. The molecular weight excluding hydrogens is 348 g/mol. The Morgan fingerprint density at radius 3 is 2.46 bits per heavy atom. The van der Waals surface area contributed by atoms with Crippen LogP contribution in [0.3, 0.4) is 0 Å². The fourth-order valence-corrected chi connectivity index (χ4v) is 2.99. The Morgan fingerprint density at radius 2 is 1.77 bits per heavy atom. The molecule has 0 unspecified atom stereocenters. The van der Waals surface area contributed by atoms with Gasteiger partial charge in [0.2, 0.25) is 5.95 Å². The minimum Gasteiger partial charge on any atom is -0.324 e. The third-order valence-corrected chi connectivity index (χ3v) is 4.12. The van der Waals surface area contributed by atoms with E-state index in [1.54, 1.807) is 36.5 Å². The van der Waals surface area contributed by atoms with Gasteiger partial charge in [-0.15, -0.1) is 0 Å². The Bertz CT molecular complexity index is 949. The van der Waals surface area contributed by atoms with Crippen molar-refractivity contribution in [3.8, 4) is 0 Å². The number of carbonyl (C=O) groups is 1. The number of aryl methyl sites for hydroxylation is 3. The van der Waals surface area contributed by atoms with Gasteiger partial charge in [0.15, 0.2) is 0 Å². The second-order valence-electron chi connectivity index (χ2n) is 6.13. The number of nitrogens with one attached hydrogen (secondary N) is 2. The zero-order valence-electron chi connectivity index (χ0n) is 14.8. The van der Waals surface area contributed by atoms with Crippen LogP contribution in [0.2, 0.25) is 5.02 Å². The molecule has 0 saturated heterocycles. The van der Waals surface area contributed by atoms with Crippen molar-refractivity contribution >= 4 is 34.8 Å². The normalized spacial score (nSPS) is 10.5. The van der Waals surface area contributed by atoms with Crippen LogP contribution < -0.4 is 10.6 Å². The lowest BCUT2D eigenvalue weighted by atomic mass is 10.1. The van der Waals surface area contributed by atoms with Gasteiger partial charge < -0.3 is 10.6 Å². The first-order valence-electron chi connectivity index (χ1n) is 8.17. The highest BCUT2D eigenvalue weighted by atomic mass is 35.5. The molecule has 6 heteroatoms. The summed E-state index contributed by atoms with van der Waals surface area (Å²) in [4.78, 5) is 21.0. The Morgan fingerprint density at radius 1 is 1.04 bits per heavy atom. The van der Waals surface area contributed by atoms with Gasteiger partial charge in [0.1, 0.15) is 5.69 Å². The van der Waals surface area contributed by atoms with Crippen molar-refractivity contribution in [3.05, 3.63) is 76.1 Å². The van der Waals surface area contributed by atoms with Gasteiger partial charge in [-0.3, -0.25) is 4.79 Å². The number of hydrogen-bond donors (Lipinski definition) is 2. The van der Waals surface area contributed by atoms with E-state index < -0.39 is 0 Å². The molecule has 2 aromatic carbocycles. The van der Waals surface area contributed by atoms with E-state index >= 15 is 0 Å². The van der Waals surface area contributed by atoms with Crippen LogP contribution in [0.25, 0.3) is 0 Å². The quantitative estimate of drug-likeness (QED) is 0.678. The summed E-state index contributed by atoms with van der Waals surface area (Å²) in [5.41, 5.74) is 5.22. The van der Waals surface area contributed by atoms with E-state index in [-0.39, 0.29) is 11.6 Å². The van der Waals surface area contributed by atoms with E-state index in [4.69, 9.17) is 11.6 Å². The van der Waals surface area contributed by atoms with Crippen LogP contribution in [-0.2, 0) is 0 Å². The second-order valence-corrected chi connectivity index (χ2v) is 6.57. The van der Waals surface area contributed by atoms with E-state index in [1.807, 2.05) is 13.8 Å². The Balaban J connectivity index is 1.81. The summed E-state index contributed by atoms with van der Waals surface area (Å²) in [6.45, 7) is 6.11. The van der Waals surface area contributed by atoms with Gasteiger partial charge in [-0.05, 0) is 56.2 Å². The van der Waals surface area contributed by atoms with Crippen molar-refractivity contribution < 1.29 is 4.79 Å². The van der Waals surface area contributed by atoms with Gasteiger partial charge in [-0.25, -0.2) is 9.97 Å². The topological polar surface area (TPSA) is 66.9 Å². The monoisotopic (exact) mass is 366 g/mol. The fourth-order valence-electron chi connectivity index (χ4n) is 2.80. The zero-order valence-corrected chi connectivity index (χ0v) is 15.6. The number of aromatic nitrogens is 2. The van der Waals surface area contributed by atoms with Crippen LogP contribution in [0.4, 0.5) is 17.3 Å². The summed E-state index contributed by atoms with van der Waals surface area (Å²) in [6, 6.07) is 12.7. The van der Waals surface area contributed by atoms with Crippen LogP contribution >= 0.6 is 11.6 Å². The van der Waals surface area contributed by atoms with Crippen molar-refractivity contribution in [2.24, 2.45) is 0 Å². The smallest absolute Gasteiger partial charge is 0.274 e. The van der Waals surface area contributed by atoms with Crippen molar-refractivity contribution in [2.75, 3.05) is 10.6 Å². The van der Waals surface area contributed by atoms with Crippen LogP contribution in [0, 0.1) is 20.8 Å². The summed E-state index contributed by atoms with van der Waals surface area (Å²) in [7, 11) is 0. The number of anilines is 3. The van der Waals surface area contributed by atoms with Crippen molar-refractivity contribution in [1.82, 2.24) is 9.97 Å². The number of carbonyl (C=O) groups excluding carboxylic acids is 1. The van der Waals surface area contributed by atoms with Gasteiger partial charge in [-0.2, -0.15) is 0 Å². The van der Waals surface area contributed by atoms with Crippen molar-refractivity contribution in [3.63, 3.8) is 0 Å². The minimum atomic E-state index is -0.324. The molecule has 26 heavy (non-hydrogen) atoms. The molecule has 3 rings (SSSR count). The summed E-state index contributed by atoms with van der Waals surface area (Å²) in [5, 5.41) is 6.55. The highest BCUT2D eigenvalue weighted by Crippen LogP contribution is 2.24. The SMILES string of the molecule is Cc1cc(C)c(Nc2nccc(C(=O)Nc3cccc(Cl)c3)n2)c(C)c1. The van der Waals surface area contributed by atoms with E-state index in [2.05, 4.69) is 39.7 Å². The summed E-state index contributed by atoms with van der Waals surface area (Å²) < 4.78 is 0. The highest BCUT2D eigenvalue weighted by Gasteiger charge is 2.11. The van der Waals surface area contributed by atoms with E-state index in [1.165, 1.54) is 5.56 Å². The van der Waals surface area contributed by atoms with Crippen LogP contribution in [0.15, 0.2) is 48.7 Å². The first-order valence-corrected chi connectivity index (χ1v) is 8.55. The molecule has 1 heterocycles. The van der Waals surface area contributed by atoms with Gasteiger partial charge in [0.05, 0.1) is 0 Å². The Hall–Kier alpha value is -2.92. The standard InChI is InChI=1S/C20H19ClN4O/c1-12-9-13(2)18(14(3)10-12)25-20-22-8-7-17(24-20)19(26)23-16-6-4-5-15(21)11-16/h4-11H,1-3H3,(H,23,26)(H,22,24,25). The molecule has 132 valence electrons. The van der Waals surface area contributed by atoms with Gasteiger partial charge in [0.25, 0.3) is 5.91 Å². The molecule has 0 fully saturated rings. The van der Waals surface area contributed by atoms with Crippen LogP contribution in [0.5, 0.6) is 0 Å². The molecule has 0 saturated carbocycles. The fraction of sp³-hybridized carbons (Fsp3) is 0.150. The molecule has 0 aliphatic carbocycles. The van der Waals surface area contributed by atoms with Crippen LogP contribution in [-0.4, -0.2) is 15.9 Å². The van der Waals surface area contributed by atoms with Gasteiger partial charge in [-0.1, -0.05) is 35.4 Å². The molecule has 0 spiro atoms. The lowest BCUT2D eigenvalue weighted by Crippen LogP contribution is -2.15. The molecule has 0 radical (unpaired) electrons. The molecule has 0 aliphatic heterocycles. The maximum absolute atomic E-state index is 12.4. The van der Waals surface area contributed by atoms with E-state index in [9.17, 15) is 4.79 Å². The van der Waals surface area contributed by atoms with Crippen LogP contribution in [0.1, 0.15) is 27.2 Å². The lowest BCUT2D eigenvalue weighted by molar-refractivity contribution is 0.102. The molecule has 1 aromatic heterocycles. The number of rotatable bonds is 4. The second kappa shape index (κ2) is 7.54. The number of nitrogens with zero attached hydrogens (tertiary/aromatic N) is 2.